The van der Waals surface area contributed by atoms with Crippen LogP contribution in [0.15, 0.2) is 97.1 Å². The molecule has 0 N–H and O–H groups in total. The second kappa shape index (κ2) is 9.39. The molecule has 1 aromatic heterocycles. The highest BCUT2D eigenvalue weighted by molar-refractivity contribution is 7.22. The van der Waals surface area contributed by atoms with Gasteiger partial charge in [-0.15, -0.1) is 11.3 Å². The monoisotopic (exact) mass is 452 g/mol. The molecule has 0 spiro atoms. The first-order chi connectivity index (χ1) is 16.2. The lowest BCUT2D eigenvalue weighted by Gasteiger charge is -2.10. The van der Waals surface area contributed by atoms with Gasteiger partial charge < -0.3 is 14.2 Å². The zero-order chi connectivity index (χ0) is 22.6. The highest BCUT2D eigenvalue weighted by atomic mass is 32.1. The molecule has 5 aromatic rings. The number of hydrogen-bond acceptors (Lipinski definition) is 4. The van der Waals surface area contributed by atoms with Crippen LogP contribution in [0.1, 0.15) is 11.1 Å². The van der Waals surface area contributed by atoms with Gasteiger partial charge in [0.1, 0.15) is 23.9 Å². The third-order valence-corrected chi connectivity index (χ3v) is 6.64. The van der Waals surface area contributed by atoms with E-state index < -0.39 is 0 Å². The Labute approximate surface area is 197 Å². The van der Waals surface area contributed by atoms with E-state index in [2.05, 4.69) is 55.5 Å². The van der Waals surface area contributed by atoms with Crippen LogP contribution in [0, 0.1) is 6.92 Å². The Balaban J connectivity index is 1.43. The van der Waals surface area contributed by atoms with Crippen LogP contribution in [0.4, 0.5) is 0 Å². The van der Waals surface area contributed by atoms with Gasteiger partial charge >= 0.3 is 0 Å². The third-order valence-electron chi connectivity index (χ3n) is 5.46. The summed E-state index contributed by atoms with van der Waals surface area (Å²) in [7, 11) is 1.69. The molecule has 0 radical (unpaired) electrons. The van der Waals surface area contributed by atoms with Crippen molar-refractivity contribution in [2.75, 3.05) is 7.11 Å². The van der Waals surface area contributed by atoms with E-state index >= 15 is 0 Å². The third kappa shape index (κ3) is 4.71. The van der Waals surface area contributed by atoms with E-state index in [-0.39, 0.29) is 0 Å². The Morgan fingerprint density at radius 2 is 1.42 bits per heavy atom. The molecule has 0 unspecified atom stereocenters. The minimum Gasteiger partial charge on any atom is -0.497 e. The summed E-state index contributed by atoms with van der Waals surface area (Å²) < 4.78 is 18.9. The molecule has 0 atom stereocenters. The summed E-state index contributed by atoms with van der Waals surface area (Å²) in [4.78, 5) is 1.10. The molecule has 0 aliphatic heterocycles. The average molecular weight is 453 g/mol. The van der Waals surface area contributed by atoms with E-state index in [0.717, 1.165) is 49.1 Å². The highest BCUT2D eigenvalue weighted by Gasteiger charge is 2.17. The van der Waals surface area contributed by atoms with Gasteiger partial charge in [-0.2, -0.15) is 0 Å². The van der Waals surface area contributed by atoms with Crippen LogP contribution in [-0.4, -0.2) is 7.11 Å². The molecule has 164 valence electrons. The van der Waals surface area contributed by atoms with E-state index in [1.807, 2.05) is 48.5 Å². The van der Waals surface area contributed by atoms with Crippen LogP contribution in [0.5, 0.6) is 23.0 Å². The van der Waals surface area contributed by atoms with Gasteiger partial charge in [-0.3, -0.25) is 0 Å². The number of aryl methyl sites for hydroxylation is 1. The maximum atomic E-state index is 6.45. The Morgan fingerprint density at radius 1 is 0.727 bits per heavy atom. The predicted octanol–water partition coefficient (Wildman–Crippen LogP) is 8.26. The first-order valence-corrected chi connectivity index (χ1v) is 11.6. The number of benzene rings is 4. The van der Waals surface area contributed by atoms with Crippen molar-refractivity contribution in [2.24, 2.45) is 0 Å². The van der Waals surface area contributed by atoms with Crippen molar-refractivity contribution < 1.29 is 14.2 Å². The van der Waals surface area contributed by atoms with Crippen molar-refractivity contribution in [1.29, 1.82) is 0 Å². The molecule has 4 aromatic carbocycles. The number of fused-ring (bicyclic) bond motifs is 1. The Kier molecular flexibility index (Phi) is 6.01. The molecule has 4 heteroatoms. The van der Waals surface area contributed by atoms with Gasteiger partial charge in [0.25, 0.3) is 0 Å². The van der Waals surface area contributed by atoms with Crippen LogP contribution < -0.4 is 14.2 Å². The standard InChI is InChI=1S/C29H24O3S/c1-20-8-10-22(11-9-20)29-28(26-17-16-25(30-2)18-27(26)33-29)32-24-14-12-23(13-15-24)31-19-21-6-4-3-5-7-21/h3-18H,19H2,1-2H3. The summed E-state index contributed by atoms with van der Waals surface area (Å²) in [5.41, 5.74) is 3.51. The maximum absolute atomic E-state index is 6.45. The summed E-state index contributed by atoms with van der Waals surface area (Å²) in [6, 6.07) is 32.6. The Morgan fingerprint density at radius 3 is 2.15 bits per heavy atom. The fraction of sp³-hybridized carbons (Fsp3) is 0.103. The fourth-order valence-corrected chi connectivity index (χ4v) is 4.80. The predicted molar refractivity (Wildman–Crippen MR) is 136 cm³/mol. The molecule has 0 fully saturated rings. The maximum Gasteiger partial charge on any atom is 0.153 e. The molecule has 3 nitrogen and oxygen atoms in total. The fourth-order valence-electron chi connectivity index (χ4n) is 3.64. The first kappa shape index (κ1) is 21.1. The molecular formula is C29H24O3S. The summed E-state index contributed by atoms with van der Waals surface area (Å²) in [5, 5.41) is 1.07. The minimum absolute atomic E-state index is 0.537. The summed E-state index contributed by atoms with van der Waals surface area (Å²) in [6.07, 6.45) is 0. The van der Waals surface area contributed by atoms with E-state index in [9.17, 15) is 0 Å². The summed E-state index contributed by atoms with van der Waals surface area (Å²) >= 11 is 1.71. The van der Waals surface area contributed by atoms with E-state index in [0.29, 0.717) is 6.61 Å². The average Bonchev–Trinajstić information content (AvgIpc) is 3.22. The summed E-state index contributed by atoms with van der Waals surface area (Å²) in [5.74, 6) is 3.28. The Bertz CT molecular complexity index is 1350. The molecule has 1 heterocycles. The zero-order valence-corrected chi connectivity index (χ0v) is 19.4. The van der Waals surface area contributed by atoms with E-state index in [1.165, 1.54) is 5.56 Å². The van der Waals surface area contributed by atoms with Gasteiger partial charge in [0, 0.05) is 10.1 Å². The largest absolute Gasteiger partial charge is 0.497 e. The van der Waals surface area contributed by atoms with Crippen molar-refractivity contribution in [3.63, 3.8) is 0 Å². The number of hydrogen-bond donors (Lipinski definition) is 0. The van der Waals surface area contributed by atoms with Crippen molar-refractivity contribution in [1.82, 2.24) is 0 Å². The topological polar surface area (TPSA) is 27.7 Å². The lowest BCUT2D eigenvalue weighted by Crippen LogP contribution is -1.94. The number of rotatable bonds is 7. The van der Waals surface area contributed by atoms with Gasteiger partial charge in [-0.05, 0) is 60.5 Å². The van der Waals surface area contributed by atoms with Crippen LogP contribution in [-0.2, 0) is 6.61 Å². The molecular weight excluding hydrogens is 428 g/mol. The second-order valence-electron chi connectivity index (χ2n) is 7.84. The molecule has 0 aliphatic carbocycles. The van der Waals surface area contributed by atoms with Gasteiger partial charge in [0.05, 0.1) is 12.0 Å². The van der Waals surface area contributed by atoms with Crippen LogP contribution in [0.25, 0.3) is 20.5 Å². The molecule has 0 saturated heterocycles. The quantitative estimate of drug-likeness (QED) is 0.249. The lowest BCUT2D eigenvalue weighted by molar-refractivity contribution is 0.306. The molecule has 0 bridgehead atoms. The number of thiophene rings is 1. The molecule has 0 amide bonds. The number of methoxy groups -OCH3 is 1. The molecule has 5 rings (SSSR count). The van der Waals surface area contributed by atoms with Gasteiger partial charge in [-0.25, -0.2) is 0 Å². The molecule has 33 heavy (non-hydrogen) atoms. The Hall–Kier alpha value is -3.76. The van der Waals surface area contributed by atoms with Gasteiger partial charge in [0.15, 0.2) is 5.75 Å². The zero-order valence-electron chi connectivity index (χ0n) is 18.6. The van der Waals surface area contributed by atoms with Crippen LogP contribution in [0.2, 0.25) is 0 Å². The highest BCUT2D eigenvalue weighted by Crippen LogP contribution is 2.47. The second-order valence-corrected chi connectivity index (χ2v) is 8.89. The smallest absolute Gasteiger partial charge is 0.153 e. The SMILES string of the molecule is COc1ccc2c(Oc3ccc(OCc4ccccc4)cc3)c(-c3ccc(C)cc3)sc2c1. The lowest BCUT2D eigenvalue weighted by atomic mass is 10.1. The van der Waals surface area contributed by atoms with Crippen LogP contribution in [0.3, 0.4) is 0 Å². The normalized spacial score (nSPS) is 10.8. The number of ether oxygens (including phenoxy) is 3. The van der Waals surface area contributed by atoms with Crippen molar-refractivity contribution >= 4 is 21.4 Å². The minimum atomic E-state index is 0.537. The molecule has 0 saturated carbocycles. The van der Waals surface area contributed by atoms with Crippen molar-refractivity contribution in [2.45, 2.75) is 13.5 Å². The van der Waals surface area contributed by atoms with Crippen molar-refractivity contribution in [3.05, 3.63) is 108 Å². The van der Waals surface area contributed by atoms with Gasteiger partial charge in [-0.1, -0.05) is 60.2 Å². The van der Waals surface area contributed by atoms with E-state index in [4.69, 9.17) is 14.2 Å². The first-order valence-electron chi connectivity index (χ1n) is 10.8. The van der Waals surface area contributed by atoms with E-state index in [1.54, 1.807) is 18.4 Å². The van der Waals surface area contributed by atoms with Crippen molar-refractivity contribution in [3.8, 4) is 33.4 Å². The van der Waals surface area contributed by atoms with Gasteiger partial charge in [0.2, 0.25) is 0 Å². The summed E-state index contributed by atoms with van der Waals surface area (Å²) in [6.45, 7) is 2.63. The van der Waals surface area contributed by atoms with Crippen LogP contribution >= 0.6 is 11.3 Å². The molecule has 0 aliphatic rings.